The molecule has 0 saturated carbocycles. The Kier molecular flexibility index (Phi) is 9.27. The SMILES string of the molecule is CC(C)NC(=O)[C@@H](C)N(Cc1c(Cl)cccc1Cl)C(=O)CN(c1ccc(F)c(F)c1)S(C)(=O)=O. The number of carbonyl (C=O) groups excluding carboxylic acids is 2. The van der Waals surface area contributed by atoms with Crippen LogP contribution in [0.15, 0.2) is 36.4 Å². The third kappa shape index (κ3) is 7.04. The number of amides is 2. The maximum absolute atomic E-state index is 13.8. The van der Waals surface area contributed by atoms with Crippen molar-refractivity contribution in [3.63, 3.8) is 0 Å². The number of benzene rings is 2. The van der Waals surface area contributed by atoms with E-state index in [9.17, 15) is 26.8 Å². The molecule has 0 fully saturated rings. The van der Waals surface area contributed by atoms with E-state index in [0.29, 0.717) is 15.9 Å². The molecule has 7 nitrogen and oxygen atoms in total. The molecule has 2 aromatic rings. The molecule has 0 aliphatic carbocycles. The van der Waals surface area contributed by atoms with Crippen LogP contribution in [0.5, 0.6) is 0 Å². The minimum absolute atomic E-state index is 0.195. The second-order valence-corrected chi connectivity index (χ2v) is 10.7. The van der Waals surface area contributed by atoms with E-state index in [1.807, 2.05) is 0 Å². The van der Waals surface area contributed by atoms with Gasteiger partial charge in [0, 0.05) is 34.3 Å². The summed E-state index contributed by atoms with van der Waals surface area (Å²) in [7, 11) is -4.09. The number of hydrogen-bond acceptors (Lipinski definition) is 4. The van der Waals surface area contributed by atoms with Gasteiger partial charge in [0.1, 0.15) is 12.6 Å². The maximum Gasteiger partial charge on any atom is 0.244 e. The summed E-state index contributed by atoms with van der Waals surface area (Å²) in [6.07, 6.45) is 0.825. The highest BCUT2D eigenvalue weighted by Gasteiger charge is 2.31. The first-order valence-electron chi connectivity index (χ1n) is 10.2. The van der Waals surface area contributed by atoms with E-state index in [-0.39, 0.29) is 28.3 Å². The van der Waals surface area contributed by atoms with Crippen LogP contribution in [0.25, 0.3) is 0 Å². The Balaban J connectivity index is 2.47. The highest BCUT2D eigenvalue weighted by atomic mass is 35.5. The average Bonchev–Trinajstić information content (AvgIpc) is 2.72. The summed E-state index contributed by atoms with van der Waals surface area (Å²) in [5.41, 5.74) is 0.117. The summed E-state index contributed by atoms with van der Waals surface area (Å²) in [6, 6.07) is 5.96. The number of hydrogen-bond donors (Lipinski definition) is 1. The molecule has 0 bridgehead atoms. The number of nitrogens with zero attached hydrogens (tertiary/aromatic N) is 2. The van der Waals surface area contributed by atoms with Gasteiger partial charge in [-0.2, -0.15) is 0 Å². The lowest BCUT2D eigenvalue weighted by Crippen LogP contribution is -2.52. The van der Waals surface area contributed by atoms with Crippen molar-refractivity contribution >= 4 is 50.7 Å². The fraction of sp³-hybridized carbons (Fsp3) is 0.364. The molecule has 186 valence electrons. The van der Waals surface area contributed by atoms with Gasteiger partial charge in [-0.05, 0) is 45.0 Å². The number of anilines is 1. The Morgan fingerprint density at radius 1 is 1.03 bits per heavy atom. The molecule has 34 heavy (non-hydrogen) atoms. The van der Waals surface area contributed by atoms with Crippen LogP contribution in [0.3, 0.4) is 0 Å². The Morgan fingerprint density at radius 3 is 2.12 bits per heavy atom. The maximum atomic E-state index is 13.8. The van der Waals surface area contributed by atoms with Crippen molar-refractivity contribution in [3.8, 4) is 0 Å². The molecule has 1 atom stereocenters. The van der Waals surface area contributed by atoms with Gasteiger partial charge < -0.3 is 10.2 Å². The van der Waals surface area contributed by atoms with Crippen LogP contribution < -0.4 is 9.62 Å². The third-order valence-electron chi connectivity index (χ3n) is 4.86. The van der Waals surface area contributed by atoms with Crippen molar-refractivity contribution in [1.82, 2.24) is 10.2 Å². The topological polar surface area (TPSA) is 86.8 Å². The molecule has 0 spiro atoms. The summed E-state index contributed by atoms with van der Waals surface area (Å²) in [5, 5.41) is 3.20. The number of rotatable bonds is 9. The largest absolute Gasteiger partial charge is 0.352 e. The Hall–Kier alpha value is -2.43. The lowest BCUT2D eigenvalue weighted by molar-refractivity contribution is -0.139. The summed E-state index contributed by atoms with van der Waals surface area (Å²) in [4.78, 5) is 27.2. The summed E-state index contributed by atoms with van der Waals surface area (Å²) in [6.45, 7) is 4.00. The zero-order valence-electron chi connectivity index (χ0n) is 19.0. The van der Waals surface area contributed by atoms with E-state index < -0.39 is 46.1 Å². The van der Waals surface area contributed by atoms with E-state index in [4.69, 9.17) is 23.2 Å². The highest BCUT2D eigenvalue weighted by molar-refractivity contribution is 7.92. The van der Waals surface area contributed by atoms with Crippen LogP contribution in [0.1, 0.15) is 26.3 Å². The van der Waals surface area contributed by atoms with Gasteiger partial charge in [-0.15, -0.1) is 0 Å². The molecular formula is C22H25Cl2F2N3O4S. The second-order valence-electron chi connectivity index (χ2n) is 7.93. The zero-order valence-corrected chi connectivity index (χ0v) is 21.3. The fourth-order valence-electron chi connectivity index (χ4n) is 3.10. The fourth-order valence-corrected chi connectivity index (χ4v) is 4.45. The van der Waals surface area contributed by atoms with Gasteiger partial charge in [-0.25, -0.2) is 17.2 Å². The summed E-state index contributed by atoms with van der Waals surface area (Å²) >= 11 is 12.5. The number of carbonyl (C=O) groups is 2. The van der Waals surface area contributed by atoms with Crippen LogP contribution in [0.2, 0.25) is 10.0 Å². The lowest BCUT2D eigenvalue weighted by atomic mass is 10.1. The van der Waals surface area contributed by atoms with Gasteiger partial charge >= 0.3 is 0 Å². The molecule has 1 N–H and O–H groups in total. The second kappa shape index (κ2) is 11.3. The smallest absolute Gasteiger partial charge is 0.244 e. The van der Waals surface area contributed by atoms with E-state index in [1.54, 1.807) is 32.0 Å². The molecular weight excluding hydrogens is 511 g/mol. The molecule has 0 saturated heterocycles. The quantitative estimate of drug-likeness (QED) is 0.526. The Bertz CT molecular complexity index is 1160. The van der Waals surface area contributed by atoms with Crippen LogP contribution in [-0.4, -0.2) is 50.0 Å². The Labute approximate surface area is 207 Å². The normalized spacial score (nSPS) is 12.4. The van der Waals surface area contributed by atoms with Crippen molar-refractivity contribution < 1.29 is 26.8 Å². The summed E-state index contributed by atoms with van der Waals surface area (Å²) < 4.78 is 52.6. The van der Waals surface area contributed by atoms with Crippen LogP contribution in [0.4, 0.5) is 14.5 Å². The van der Waals surface area contributed by atoms with Gasteiger partial charge in [-0.3, -0.25) is 13.9 Å². The van der Waals surface area contributed by atoms with E-state index >= 15 is 0 Å². The van der Waals surface area contributed by atoms with Crippen molar-refractivity contribution in [2.45, 2.75) is 39.4 Å². The van der Waals surface area contributed by atoms with Crippen molar-refractivity contribution in [2.24, 2.45) is 0 Å². The minimum Gasteiger partial charge on any atom is -0.352 e. The van der Waals surface area contributed by atoms with Gasteiger partial charge in [0.2, 0.25) is 21.8 Å². The number of sulfonamides is 1. The molecule has 0 aliphatic heterocycles. The van der Waals surface area contributed by atoms with Crippen LogP contribution in [-0.2, 0) is 26.2 Å². The molecule has 0 heterocycles. The summed E-state index contributed by atoms with van der Waals surface area (Å²) in [5.74, 6) is -3.71. The van der Waals surface area contributed by atoms with Crippen molar-refractivity contribution in [2.75, 3.05) is 17.1 Å². The predicted octanol–water partition coefficient (Wildman–Crippen LogP) is 3.98. The molecule has 0 radical (unpaired) electrons. The lowest BCUT2D eigenvalue weighted by Gasteiger charge is -2.32. The minimum atomic E-state index is -4.09. The molecule has 12 heteroatoms. The van der Waals surface area contributed by atoms with E-state index in [2.05, 4.69) is 5.32 Å². The monoisotopic (exact) mass is 535 g/mol. The standard InChI is InChI=1S/C22H25Cl2F2N3O4S/c1-13(2)27-22(31)14(3)28(11-16-17(23)6-5-7-18(16)24)21(30)12-29(34(4,32)33)15-8-9-19(25)20(26)10-15/h5-10,13-14H,11-12H2,1-4H3,(H,27,31)/t14-/m1/s1. The predicted molar refractivity (Wildman–Crippen MR) is 128 cm³/mol. The van der Waals surface area contributed by atoms with E-state index in [0.717, 1.165) is 23.3 Å². The number of nitrogens with one attached hydrogen (secondary N) is 1. The molecule has 0 aliphatic rings. The molecule has 0 unspecified atom stereocenters. The average molecular weight is 536 g/mol. The third-order valence-corrected chi connectivity index (χ3v) is 6.71. The van der Waals surface area contributed by atoms with E-state index in [1.165, 1.54) is 6.92 Å². The zero-order chi connectivity index (χ0) is 25.8. The van der Waals surface area contributed by atoms with Gasteiger partial charge in [-0.1, -0.05) is 29.3 Å². The molecule has 2 amide bonds. The highest BCUT2D eigenvalue weighted by Crippen LogP contribution is 2.27. The molecule has 2 rings (SSSR count). The van der Waals surface area contributed by atoms with Crippen LogP contribution in [0, 0.1) is 11.6 Å². The first kappa shape index (κ1) is 27.8. The van der Waals surface area contributed by atoms with Gasteiger partial charge in [0.05, 0.1) is 11.9 Å². The van der Waals surface area contributed by atoms with Gasteiger partial charge in [0.25, 0.3) is 0 Å². The first-order chi connectivity index (χ1) is 15.7. The molecule has 2 aromatic carbocycles. The number of halogens is 4. The molecule has 0 aromatic heterocycles. The first-order valence-corrected chi connectivity index (χ1v) is 12.8. The van der Waals surface area contributed by atoms with Gasteiger partial charge in [0.15, 0.2) is 11.6 Å². The Morgan fingerprint density at radius 2 is 1.62 bits per heavy atom. The van der Waals surface area contributed by atoms with Crippen molar-refractivity contribution in [1.29, 1.82) is 0 Å². The van der Waals surface area contributed by atoms with Crippen molar-refractivity contribution in [3.05, 3.63) is 63.6 Å². The van der Waals surface area contributed by atoms with Crippen LogP contribution >= 0.6 is 23.2 Å².